The average molecular weight is 205 g/mol. The van der Waals surface area contributed by atoms with Gasteiger partial charge in [0.15, 0.2) is 0 Å². The lowest BCUT2D eigenvalue weighted by atomic mass is 9.77. The van der Waals surface area contributed by atoms with Gasteiger partial charge in [0.2, 0.25) is 0 Å². The van der Waals surface area contributed by atoms with Crippen molar-refractivity contribution in [3.8, 4) is 0 Å². The van der Waals surface area contributed by atoms with Gasteiger partial charge in [0.1, 0.15) is 0 Å². The maximum Gasteiger partial charge on any atom is 0.0564 e. The van der Waals surface area contributed by atoms with Gasteiger partial charge >= 0.3 is 0 Å². The van der Waals surface area contributed by atoms with Crippen molar-refractivity contribution in [3.05, 3.63) is 35.4 Å². The Morgan fingerprint density at radius 1 is 1.33 bits per heavy atom. The van der Waals surface area contributed by atoms with E-state index in [9.17, 15) is 0 Å². The van der Waals surface area contributed by atoms with Crippen molar-refractivity contribution in [2.45, 2.75) is 25.2 Å². The van der Waals surface area contributed by atoms with E-state index in [0.717, 1.165) is 32.6 Å². The summed E-state index contributed by atoms with van der Waals surface area (Å²) < 4.78 is 5.54. The van der Waals surface area contributed by atoms with E-state index in [1.165, 1.54) is 11.1 Å². The van der Waals surface area contributed by atoms with Crippen molar-refractivity contribution in [3.63, 3.8) is 0 Å². The Morgan fingerprint density at radius 2 is 2.07 bits per heavy atom. The number of hydrogen-bond acceptors (Lipinski definition) is 2. The molecule has 0 bridgehead atoms. The summed E-state index contributed by atoms with van der Waals surface area (Å²) in [7, 11) is 0. The molecule has 2 nitrogen and oxygen atoms in total. The van der Waals surface area contributed by atoms with E-state index in [4.69, 9.17) is 10.5 Å². The fourth-order valence-corrected chi connectivity index (χ4v) is 2.36. The van der Waals surface area contributed by atoms with Crippen molar-refractivity contribution in [1.82, 2.24) is 0 Å². The molecule has 1 aromatic rings. The predicted molar refractivity (Wildman–Crippen MR) is 62.0 cm³/mol. The highest BCUT2D eigenvalue weighted by Gasteiger charge is 2.35. The number of nitrogens with two attached hydrogens (primary N) is 1. The van der Waals surface area contributed by atoms with Crippen LogP contribution < -0.4 is 5.73 Å². The molecule has 0 aliphatic carbocycles. The number of aryl methyl sites for hydroxylation is 1. The maximum absolute atomic E-state index is 5.71. The van der Waals surface area contributed by atoms with Crippen LogP contribution in [0.15, 0.2) is 24.3 Å². The van der Waals surface area contributed by atoms with Crippen molar-refractivity contribution < 1.29 is 4.74 Å². The lowest BCUT2D eigenvalue weighted by Gasteiger charge is -2.27. The van der Waals surface area contributed by atoms with Gasteiger partial charge in [0, 0.05) is 12.0 Å². The lowest BCUT2D eigenvalue weighted by Crippen LogP contribution is -2.29. The molecular weight excluding hydrogens is 186 g/mol. The van der Waals surface area contributed by atoms with Gasteiger partial charge in [-0.2, -0.15) is 0 Å². The van der Waals surface area contributed by atoms with Gasteiger partial charge in [0.05, 0.1) is 6.61 Å². The molecule has 0 aromatic heterocycles. The minimum absolute atomic E-state index is 0.183. The minimum Gasteiger partial charge on any atom is -0.380 e. The molecule has 1 aliphatic heterocycles. The second-order valence-corrected chi connectivity index (χ2v) is 4.49. The van der Waals surface area contributed by atoms with Gasteiger partial charge < -0.3 is 10.5 Å². The first kappa shape index (κ1) is 10.7. The zero-order chi connectivity index (χ0) is 10.7. The van der Waals surface area contributed by atoms with E-state index in [2.05, 4.69) is 31.2 Å². The third-order valence-corrected chi connectivity index (χ3v) is 3.39. The van der Waals surface area contributed by atoms with Crippen molar-refractivity contribution >= 4 is 0 Å². The van der Waals surface area contributed by atoms with Crippen LogP contribution >= 0.6 is 0 Å². The summed E-state index contributed by atoms with van der Waals surface area (Å²) in [5.74, 6) is 0. The molecule has 1 atom stereocenters. The summed E-state index contributed by atoms with van der Waals surface area (Å²) in [6, 6.07) is 8.79. The van der Waals surface area contributed by atoms with Crippen molar-refractivity contribution in [2.75, 3.05) is 19.8 Å². The molecule has 2 rings (SSSR count). The molecule has 0 saturated carbocycles. The SMILES string of the molecule is Cc1ccc(C2(CCN)CCOC2)cc1. The molecule has 2 heteroatoms. The highest BCUT2D eigenvalue weighted by molar-refractivity contribution is 5.29. The molecule has 0 amide bonds. The Bertz CT molecular complexity index is 312. The Morgan fingerprint density at radius 3 is 2.60 bits per heavy atom. The van der Waals surface area contributed by atoms with Crippen LogP contribution in [0.25, 0.3) is 0 Å². The molecule has 1 heterocycles. The number of benzene rings is 1. The quantitative estimate of drug-likeness (QED) is 0.819. The number of ether oxygens (including phenoxy) is 1. The first-order valence-corrected chi connectivity index (χ1v) is 5.62. The fraction of sp³-hybridized carbons (Fsp3) is 0.538. The summed E-state index contributed by atoms with van der Waals surface area (Å²) in [6.45, 7) is 4.54. The van der Waals surface area contributed by atoms with Gasteiger partial charge in [0.25, 0.3) is 0 Å². The summed E-state index contributed by atoms with van der Waals surface area (Å²) in [5, 5.41) is 0. The number of hydrogen-bond donors (Lipinski definition) is 1. The van der Waals surface area contributed by atoms with Crippen molar-refractivity contribution in [2.24, 2.45) is 5.73 Å². The molecule has 2 N–H and O–H groups in total. The van der Waals surface area contributed by atoms with Crippen molar-refractivity contribution in [1.29, 1.82) is 0 Å². The fourth-order valence-electron chi connectivity index (χ4n) is 2.36. The highest BCUT2D eigenvalue weighted by Crippen LogP contribution is 2.36. The van der Waals surface area contributed by atoms with Crippen LogP contribution in [0.2, 0.25) is 0 Å². The molecular formula is C13H19NO. The summed E-state index contributed by atoms with van der Waals surface area (Å²) in [5.41, 5.74) is 8.58. The Hall–Kier alpha value is -0.860. The topological polar surface area (TPSA) is 35.2 Å². The predicted octanol–water partition coefficient (Wildman–Crippen LogP) is 2.00. The zero-order valence-corrected chi connectivity index (χ0v) is 9.33. The second-order valence-electron chi connectivity index (χ2n) is 4.49. The largest absolute Gasteiger partial charge is 0.380 e. The number of rotatable bonds is 3. The molecule has 1 aromatic carbocycles. The molecule has 0 radical (unpaired) electrons. The van der Waals surface area contributed by atoms with Gasteiger partial charge in [-0.05, 0) is 31.9 Å². The average Bonchev–Trinajstić information content (AvgIpc) is 2.69. The Kier molecular flexibility index (Phi) is 3.08. The summed E-state index contributed by atoms with van der Waals surface area (Å²) >= 11 is 0. The monoisotopic (exact) mass is 205 g/mol. The third-order valence-electron chi connectivity index (χ3n) is 3.39. The molecule has 1 saturated heterocycles. The smallest absolute Gasteiger partial charge is 0.0564 e. The van der Waals surface area contributed by atoms with E-state index in [-0.39, 0.29) is 5.41 Å². The normalized spacial score (nSPS) is 25.7. The van der Waals surface area contributed by atoms with E-state index in [0.29, 0.717) is 0 Å². The Labute approximate surface area is 91.4 Å². The first-order chi connectivity index (χ1) is 7.27. The van der Waals surface area contributed by atoms with E-state index < -0.39 is 0 Å². The van der Waals surface area contributed by atoms with Crippen LogP contribution in [0.3, 0.4) is 0 Å². The van der Waals surface area contributed by atoms with Crippen LogP contribution in [-0.4, -0.2) is 19.8 Å². The summed E-state index contributed by atoms with van der Waals surface area (Å²) in [6.07, 6.45) is 2.13. The van der Waals surface area contributed by atoms with Gasteiger partial charge in [-0.1, -0.05) is 29.8 Å². The molecule has 1 fully saturated rings. The zero-order valence-electron chi connectivity index (χ0n) is 9.33. The molecule has 82 valence electrons. The molecule has 1 unspecified atom stereocenters. The van der Waals surface area contributed by atoms with E-state index in [1.807, 2.05) is 0 Å². The van der Waals surface area contributed by atoms with E-state index >= 15 is 0 Å². The third kappa shape index (κ3) is 2.06. The molecule has 0 spiro atoms. The van der Waals surface area contributed by atoms with Crippen LogP contribution in [0.5, 0.6) is 0 Å². The highest BCUT2D eigenvalue weighted by atomic mass is 16.5. The van der Waals surface area contributed by atoms with Crippen LogP contribution in [-0.2, 0) is 10.2 Å². The summed E-state index contributed by atoms with van der Waals surface area (Å²) in [4.78, 5) is 0. The lowest BCUT2D eigenvalue weighted by molar-refractivity contribution is 0.175. The standard InChI is InChI=1S/C13H19NO/c1-11-2-4-12(5-3-11)13(6-8-14)7-9-15-10-13/h2-5H,6-10,14H2,1H3. The first-order valence-electron chi connectivity index (χ1n) is 5.62. The minimum atomic E-state index is 0.183. The second kappa shape index (κ2) is 4.33. The Balaban J connectivity index is 2.28. The van der Waals surface area contributed by atoms with Gasteiger partial charge in [-0.15, -0.1) is 0 Å². The molecule has 15 heavy (non-hydrogen) atoms. The van der Waals surface area contributed by atoms with Crippen LogP contribution in [0.1, 0.15) is 24.0 Å². The van der Waals surface area contributed by atoms with Crippen LogP contribution in [0.4, 0.5) is 0 Å². The van der Waals surface area contributed by atoms with Gasteiger partial charge in [-0.3, -0.25) is 0 Å². The van der Waals surface area contributed by atoms with E-state index in [1.54, 1.807) is 0 Å². The molecule has 1 aliphatic rings. The van der Waals surface area contributed by atoms with Crippen LogP contribution in [0, 0.1) is 6.92 Å². The maximum atomic E-state index is 5.71. The van der Waals surface area contributed by atoms with Gasteiger partial charge in [-0.25, -0.2) is 0 Å².